The molecular weight excluding hydrogens is 218 g/mol. The van der Waals surface area contributed by atoms with E-state index >= 15 is 0 Å². The number of nitrogens with two attached hydrogens (primary N) is 1. The Morgan fingerprint density at radius 2 is 2.24 bits per heavy atom. The van der Waals surface area contributed by atoms with Crippen molar-refractivity contribution in [1.29, 1.82) is 0 Å². The van der Waals surface area contributed by atoms with E-state index in [9.17, 15) is 4.79 Å². The highest BCUT2D eigenvalue weighted by Crippen LogP contribution is 2.14. The summed E-state index contributed by atoms with van der Waals surface area (Å²) in [6.07, 6.45) is 3.63. The minimum atomic E-state index is -0.347. The van der Waals surface area contributed by atoms with Crippen molar-refractivity contribution in [2.75, 3.05) is 14.1 Å². The van der Waals surface area contributed by atoms with Gasteiger partial charge in [0.2, 0.25) is 5.91 Å². The Bertz CT molecular complexity index is 374. The van der Waals surface area contributed by atoms with Gasteiger partial charge in [-0.25, -0.2) is 4.68 Å². The molecule has 0 aliphatic rings. The highest BCUT2D eigenvalue weighted by molar-refractivity contribution is 5.79. The van der Waals surface area contributed by atoms with Crippen molar-refractivity contribution in [3.05, 3.63) is 11.9 Å². The number of carbonyl (C=O) groups is 1. The van der Waals surface area contributed by atoms with Crippen LogP contribution in [0, 0.1) is 0 Å². The molecule has 0 fully saturated rings. The molecule has 6 nitrogen and oxygen atoms in total. The molecule has 1 aromatic heterocycles. The Labute approximate surface area is 102 Å². The van der Waals surface area contributed by atoms with Crippen LogP contribution in [0.4, 0.5) is 0 Å². The average Bonchev–Trinajstić information content (AvgIpc) is 2.76. The van der Waals surface area contributed by atoms with Crippen molar-refractivity contribution in [3.8, 4) is 0 Å². The molecule has 0 bridgehead atoms. The molecule has 2 unspecified atom stereocenters. The highest BCUT2D eigenvalue weighted by atomic mass is 16.2. The fourth-order valence-corrected chi connectivity index (χ4v) is 1.60. The first-order valence-corrected chi connectivity index (χ1v) is 5.85. The van der Waals surface area contributed by atoms with E-state index in [1.54, 1.807) is 31.9 Å². The molecule has 2 N–H and O–H groups in total. The quantitative estimate of drug-likeness (QED) is 0.821. The topological polar surface area (TPSA) is 77.0 Å². The molecule has 0 aromatic carbocycles. The summed E-state index contributed by atoms with van der Waals surface area (Å²) in [5.74, 6) is -0.00878. The monoisotopic (exact) mass is 239 g/mol. The van der Waals surface area contributed by atoms with Crippen molar-refractivity contribution in [2.45, 2.75) is 38.8 Å². The van der Waals surface area contributed by atoms with Gasteiger partial charge in [0.05, 0.1) is 17.9 Å². The molecule has 0 saturated carbocycles. The molecule has 1 rings (SSSR count). The van der Waals surface area contributed by atoms with Crippen LogP contribution in [-0.2, 0) is 4.79 Å². The van der Waals surface area contributed by atoms with E-state index in [1.807, 2.05) is 0 Å². The predicted octanol–water partition coefficient (Wildman–Crippen LogP) is 0.727. The molecule has 17 heavy (non-hydrogen) atoms. The zero-order chi connectivity index (χ0) is 13.0. The van der Waals surface area contributed by atoms with Crippen LogP contribution in [0.2, 0.25) is 0 Å². The first kappa shape index (κ1) is 13.6. The predicted molar refractivity (Wildman–Crippen MR) is 65.3 cm³/mol. The molecule has 1 amide bonds. The Kier molecular flexibility index (Phi) is 4.62. The van der Waals surface area contributed by atoms with E-state index in [4.69, 9.17) is 5.73 Å². The number of hydrogen-bond acceptors (Lipinski definition) is 4. The van der Waals surface area contributed by atoms with Gasteiger partial charge in [0.1, 0.15) is 6.04 Å². The lowest BCUT2D eigenvalue weighted by Crippen LogP contribution is -2.30. The van der Waals surface area contributed by atoms with E-state index < -0.39 is 0 Å². The van der Waals surface area contributed by atoms with Crippen LogP contribution < -0.4 is 5.73 Å². The number of amides is 1. The molecule has 1 heterocycles. The van der Waals surface area contributed by atoms with Gasteiger partial charge >= 0.3 is 0 Å². The third-order valence-corrected chi connectivity index (χ3v) is 2.70. The summed E-state index contributed by atoms with van der Waals surface area (Å²) in [7, 11) is 3.44. The standard InChI is InChI=1S/C11H21N5O/c1-5-6-9(12)10-7-16(14-13-10)8(2)11(17)15(3)4/h7-9H,5-6,12H2,1-4H3. The maximum Gasteiger partial charge on any atom is 0.246 e. The number of rotatable bonds is 5. The SMILES string of the molecule is CCCC(N)c1cn(C(C)C(=O)N(C)C)nn1. The van der Waals surface area contributed by atoms with E-state index in [0.29, 0.717) is 0 Å². The second-order valence-corrected chi connectivity index (χ2v) is 4.43. The van der Waals surface area contributed by atoms with Gasteiger partial charge in [0.15, 0.2) is 0 Å². The van der Waals surface area contributed by atoms with Crippen molar-refractivity contribution < 1.29 is 4.79 Å². The Morgan fingerprint density at radius 3 is 2.76 bits per heavy atom. The summed E-state index contributed by atoms with van der Waals surface area (Å²) >= 11 is 0. The van der Waals surface area contributed by atoms with Crippen LogP contribution in [0.5, 0.6) is 0 Å². The molecule has 0 radical (unpaired) electrons. The minimum Gasteiger partial charge on any atom is -0.347 e. The van der Waals surface area contributed by atoms with Crippen molar-refractivity contribution >= 4 is 5.91 Å². The number of hydrogen-bond donors (Lipinski definition) is 1. The van der Waals surface area contributed by atoms with E-state index in [2.05, 4.69) is 17.2 Å². The van der Waals surface area contributed by atoms with Crippen molar-refractivity contribution in [3.63, 3.8) is 0 Å². The molecule has 0 spiro atoms. The van der Waals surface area contributed by atoms with Crippen LogP contribution in [0.25, 0.3) is 0 Å². The van der Waals surface area contributed by atoms with Gasteiger partial charge in [0.25, 0.3) is 0 Å². The normalized spacial score (nSPS) is 14.4. The fraction of sp³-hybridized carbons (Fsp3) is 0.727. The summed E-state index contributed by atoms with van der Waals surface area (Å²) in [5, 5.41) is 7.98. The fourth-order valence-electron chi connectivity index (χ4n) is 1.60. The summed E-state index contributed by atoms with van der Waals surface area (Å²) in [4.78, 5) is 13.3. The number of aromatic nitrogens is 3. The van der Waals surface area contributed by atoms with Crippen LogP contribution in [-0.4, -0.2) is 39.9 Å². The van der Waals surface area contributed by atoms with Gasteiger partial charge in [-0.1, -0.05) is 18.6 Å². The summed E-state index contributed by atoms with van der Waals surface area (Å²) in [6, 6.07) is -0.449. The molecule has 1 aromatic rings. The van der Waals surface area contributed by atoms with Gasteiger partial charge < -0.3 is 10.6 Å². The summed E-state index contributed by atoms with van der Waals surface area (Å²) in [6.45, 7) is 3.87. The maximum atomic E-state index is 11.8. The zero-order valence-corrected chi connectivity index (χ0v) is 10.9. The molecular formula is C11H21N5O. The number of likely N-dealkylation sites (N-methyl/N-ethyl adjacent to an activating group) is 1. The lowest BCUT2D eigenvalue weighted by atomic mass is 10.1. The minimum absolute atomic E-state index is 0.00878. The Hall–Kier alpha value is -1.43. The molecule has 96 valence electrons. The van der Waals surface area contributed by atoms with Crippen molar-refractivity contribution in [2.24, 2.45) is 5.73 Å². The summed E-state index contributed by atoms with van der Waals surface area (Å²) < 4.78 is 1.56. The van der Waals surface area contributed by atoms with Crippen LogP contribution in [0.15, 0.2) is 6.20 Å². The van der Waals surface area contributed by atoms with E-state index in [1.165, 1.54) is 4.90 Å². The molecule has 2 atom stereocenters. The lowest BCUT2D eigenvalue weighted by Gasteiger charge is -2.16. The lowest BCUT2D eigenvalue weighted by molar-refractivity contribution is -0.132. The second-order valence-electron chi connectivity index (χ2n) is 4.43. The van der Waals surface area contributed by atoms with Gasteiger partial charge in [-0.05, 0) is 13.3 Å². The van der Waals surface area contributed by atoms with Crippen molar-refractivity contribution in [1.82, 2.24) is 19.9 Å². The Morgan fingerprint density at radius 1 is 1.59 bits per heavy atom. The molecule has 0 aliphatic carbocycles. The van der Waals surface area contributed by atoms with Gasteiger partial charge in [-0.15, -0.1) is 5.10 Å². The van der Waals surface area contributed by atoms with Gasteiger partial charge in [-0.3, -0.25) is 4.79 Å². The molecule has 0 saturated heterocycles. The average molecular weight is 239 g/mol. The zero-order valence-electron chi connectivity index (χ0n) is 10.9. The third-order valence-electron chi connectivity index (χ3n) is 2.70. The number of nitrogens with zero attached hydrogens (tertiary/aromatic N) is 4. The van der Waals surface area contributed by atoms with Crippen LogP contribution in [0.3, 0.4) is 0 Å². The Balaban J connectivity index is 2.77. The highest BCUT2D eigenvalue weighted by Gasteiger charge is 2.19. The van der Waals surface area contributed by atoms with E-state index in [-0.39, 0.29) is 18.0 Å². The number of carbonyl (C=O) groups excluding carboxylic acids is 1. The molecule has 0 aliphatic heterocycles. The summed E-state index contributed by atoms with van der Waals surface area (Å²) in [5.41, 5.74) is 6.68. The first-order chi connectivity index (χ1) is 7.97. The third kappa shape index (κ3) is 3.26. The largest absolute Gasteiger partial charge is 0.347 e. The maximum absolute atomic E-state index is 11.8. The second kappa shape index (κ2) is 5.77. The van der Waals surface area contributed by atoms with Crippen LogP contribution in [0.1, 0.15) is 44.5 Å². The molecule has 6 heteroatoms. The smallest absolute Gasteiger partial charge is 0.246 e. The first-order valence-electron chi connectivity index (χ1n) is 5.85. The van der Waals surface area contributed by atoms with E-state index in [0.717, 1.165) is 18.5 Å². The van der Waals surface area contributed by atoms with Gasteiger partial charge in [-0.2, -0.15) is 0 Å². The van der Waals surface area contributed by atoms with Gasteiger partial charge in [0, 0.05) is 14.1 Å². The van der Waals surface area contributed by atoms with Crippen LogP contribution >= 0.6 is 0 Å².